The third kappa shape index (κ3) is 11.0. The first-order valence-electron chi connectivity index (χ1n) is 15.7. The number of nitrogens with one attached hydrogen (secondary N) is 1. The topological polar surface area (TPSA) is 184 Å². The summed E-state index contributed by atoms with van der Waals surface area (Å²) in [5.41, 5.74) is 6.48. The third-order valence-corrected chi connectivity index (χ3v) is 8.80. The highest BCUT2D eigenvalue weighted by Gasteiger charge is 2.45. The van der Waals surface area contributed by atoms with Crippen LogP contribution in [0.5, 0.6) is 5.75 Å². The van der Waals surface area contributed by atoms with Crippen LogP contribution >= 0.6 is 11.6 Å². The van der Waals surface area contributed by atoms with Crippen LogP contribution in [-0.4, -0.2) is 96.8 Å². The fraction of sp³-hybridized carbons (Fsp3) is 0.576. The number of nitrogens with zero attached hydrogens (tertiary/aromatic N) is 2. The number of rotatable bonds is 6. The zero-order valence-corrected chi connectivity index (χ0v) is 28.4. The highest BCUT2D eigenvalue weighted by Crippen LogP contribution is 2.38. The molecule has 47 heavy (non-hydrogen) atoms. The Morgan fingerprint density at radius 1 is 1.30 bits per heavy atom. The Morgan fingerprint density at radius 3 is 2.68 bits per heavy atom. The number of carboxylic acids is 1. The van der Waals surface area contributed by atoms with Crippen LogP contribution in [0, 0.1) is 0 Å². The van der Waals surface area contributed by atoms with E-state index in [4.69, 9.17) is 36.7 Å². The van der Waals surface area contributed by atoms with Crippen molar-refractivity contribution in [1.82, 2.24) is 10.2 Å². The molecule has 0 aliphatic carbocycles. The quantitative estimate of drug-likeness (QED) is 0.325. The molecule has 1 aromatic carbocycles. The van der Waals surface area contributed by atoms with Gasteiger partial charge in [-0.15, -0.1) is 0 Å². The van der Waals surface area contributed by atoms with Crippen molar-refractivity contribution in [2.24, 2.45) is 5.73 Å². The second-order valence-electron chi connectivity index (χ2n) is 12.2. The van der Waals surface area contributed by atoms with Crippen LogP contribution in [-0.2, 0) is 30.3 Å². The van der Waals surface area contributed by atoms with E-state index in [1.54, 1.807) is 19.1 Å². The minimum absolute atomic E-state index is 0.0777. The van der Waals surface area contributed by atoms with Crippen molar-refractivity contribution < 1.29 is 43.6 Å². The molecule has 13 nitrogen and oxygen atoms in total. The number of aliphatic hydroxyl groups is 1. The number of methoxy groups -OCH3 is 1. The van der Waals surface area contributed by atoms with Gasteiger partial charge in [-0.1, -0.05) is 35.4 Å². The van der Waals surface area contributed by atoms with E-state index in [0.29, 0.717) is 61.5 Å². The molecule has 4 rings (SSSR count). The first-order valence-corrected chi connectivity index (χ1v) is 16.1. The van der Waals surface area contributed by atoms with Crippen LogP contribution in [0.2, 0.25) is 5.02 Å². The number of likely N-dealkylation sites (N-methyl/N-ethyl adjacent to an activating group) is 1. The first kappa shape index (κ1) is 37.8. The van der Waals surface area contributed by atoms with E-state index in [1.807, 2.05) is 37.3 Å². The number of nitrogens with two attached hydrogens (primary N) is 1. The summed E-state index contributed by atoms with van der Waals surface area (Å²) < 4.78 is 16.5. The van der Waals surface area contributed by atoms with Gasteiger partial charge in [0, 0.05) is 46.2 Å². The summed E-state index contributed by atoms with van der Waals surface area (Å²) in [5, 5.41) is 22.4. The lowest BCUT2D eigenvalue weighted by atomic mass is 9.96. The smallest absolute Gasteiger partial charge is 0.409 e. The number of allylic oxidation sites excluding steroid dienone is 3. The lowest BCUT2D eigenvalue weighted by molar-refractivity contribution is -0.148. The van der Waals surface area contributed by atoms with Gasteiger partial charge in [0.15, 0.2) is 0 Å². The van der Waals surface area contributed by atoms with Crippen molar-refractivity contribution >= 4 is 41.2 Å². The Labute approximate surface area is 280 Å². The molecule has 0 radical (unpaired) electrons. The highest BCUT2D eigenvalue weighted by atomic mass is 35.5. The number of halogens is 1. The van der Waals surface area contributed by atoms with Crippen molar-refractivity contribution in [1.29, 1.82) is 0 Å². The molecule has 2 saturated heterocycles. The summed E-state index contributed by atoms with van der Waals surface area (Å²) in [4.78, 5) is 49.5. The Balaban J connectivity index is 0.000000392. The Kier molecular flexibility index (Phi) is 13.6. The van der Waals surface area contributed by atoms with Crippen LogP contribution < -0.4 is 20.7 Å². The van der Waals surface area contributed by atoms with Crippen molar-refractivity contribution in [2.75, 3.05) is 32.6 Å². The number of carbonyl (C=O) groups excluding carboxylic acids is 3. The average Bonchev–Trinajstić information content (AvgIpc) is 3.76. The van der Waals surface area contributed by atoms with Gasteiger partial charge in [-0.2, -0.15) is 0 Å². The van der Waals surface area contributed by atoms with Gasteiger partial charge in [0.1, 0.15) is 28.6 Å². The molecule has 3 amide bonds. The van der Waals surface area contributed by atoms with Crippen LogP contribution in [0.1, 0.15) is 64.4 Å². The fourth-order valence-corrected chi connectivity index (χ4v) is 5.71. The normalized spacial score (nSPS) is 26.9. The predicted molar refractivity (Wildman–Crippen MR) is 176 cm³/mol. The number of carbonyl (C=O) groups is 4. The second-order valence-corrected chi connectivity index (χ2v) is 12.6. The minimum Gasteiger partial charge on any atom is -0.495 e. The number of aliphatic carboxylic acids is 1. The molecule has 0 spiro atoms. The number of epoxide rings is 1. The molecular formula is C33H47ClN4O9. The number of hydrogen-bond donors (Lipinski definition) is 4. The zero-order valence-electron chi connectivity index (χ0n) is 27.7. The van der Waals surface area contributed by atoms with E-state index in [2.05, 4.69) is 5.32 Å². The van der Waals surface area contributed by atoms with Crippen molar-refractivity contribution in [3.8, 4) is 5.75 Å². The maximum Gasteiger partial charge on any atom is 0.409 e. The SMILES string of the molecule is COc1cc2cc(c1Cl)N(C)C(=O)CCC1OC1CC1C[C@](O)(C/C=C/C=C(\C)C2)NC(=O)O1.C[C@@H](C(=O)O)N(C)C(=O)CCCN. The number of ether oxygens (including phenoxy) is 3. The summed E-state index contributed by atoms with van der Waals surface area (Å²) in [5.74, 6) is -0.742. The molecule has 4 bridgehead atoms. The van der Waals surface area contributed by atoms with Gasteiger partial charge in [0.2, 0.25) is 11.8 Å². The highest BCUT2D eigenvalue weighted by molar-refractivity contribution is 6.35. The van der Waals surface area contributed by atoms with Gasteiger partial charge >= 0.3 is 12.1 Å². The molecule has 14 heteroatoms. The van der Waals surface area contributed by atoms with E-state index in [-0.39, 0.29) is 36.9 Å². The number of benzene rings is 1. The standard InChI is InChI=1S/C25H31ClN2O6.C8H16N2O3/c1-15-6-4-5-9-25(31)14-17(33-24(30)27-25)13-20-19(34-20)7-8-22(29)28(2)18-11-16(10-15)12-21(32-3)23(18)26;1-6(8(12)13)10(2)7(11)4-3-5-9/h4-6,11-12,17,19-20,31H,7-10,13-14H2,1-3H3,(H,27,30);6H,3-5,9H2,1-2H3,(H,12,13)/b5-4+,15-6+;/t17?,19?,20?,25-;6-/m10/s1. The van der Waals surface area contributed by atoms with Crippen LogP contribution in [0.3, 0.4) is 0 Å². The largest absolute Gasteiger partial charge is 0.495 e. The van der Waals surface area contributed by atoms with Crippen LogP contribution in [0.15, 0.2) is 35.9 Å². The third-order valence-electron chi connectivity index (χ3n) is 8.42. The molecule has 3 heterocycles. The molecule has 260 valence electrons. The summed E-state index contributed by atoms with van der Waals surface area (Å²) >= 11 is 6.54. The van der Waals surface area contributed by atoms with Crippen molar-refractivity contribution in [3.05, 3.63) is 46.5 Å². The molecule has 5 N–H and O–H groups in total. The summed E-state index contributed by atoms with van der Waals surface area (Å²) in [6, 6.07) is 3.01. The molecule has 5 atom stereocenters. The molecule has 0 aromatic heterocycles. The van der Waals surface area contributed by atoms with Gasteiger partial charge in [-0.05, 0) is 57.4 Å². The minimum atomic E-state index is -1.37. The first-order chi connectivity index (χ1) is 22.2. The number of hydrogen-bond acceptors (Lipinski definition) is 9. The number of amides is 3. The number of carboxylic acid groups (broad SMARTS) is 1. The number of anilines is 1. The summed E-state index contributed by atoms with van der Waals surface area (Å²) in [6.45, 7) is 3.92. The summed E-state index contributed by atoms with van der Waals surface area (Å²) in [7, 11) is 4.75. The van der Waals surface area contributed by atoms with Crippen molar-refractivity contribution in [2.45, 2.75) is 95.3 Å². The van der Waals surface area contributed by atoms with Crippen molar-refractivity contribution in [3.63, 3.8) is 0 Å². The van der Waals surface area contributed by atoms with Crippen LogP contribution in [0.25, 0.3) is 0 Å². The molecule has 3 unspecified atom stereocenters. The Morgan fingerprint density at radius 2 is 2.02 bits per heavy atom. The molecule has 3 aliphatic heterocycles. The van der Waals surface area contributed by atoms with E-state index in [9.17, 15) is 24.3 Å². The van der Waals surface area contributed by atoms with Gasteiger partial charge in [-0.3, -0.25) is 14.9 Å². The lowest BCUT2D eigenvalue weighted by Crippen LogP contribution is -2.56. The maximum atomic E-state index is 12.9. The van der Waals surface area contributed by atoms with Gasteiger partial charge < -0.3 is 40.0 Å². The fourth-order valence-electron chi connectivity index (χ4n) is 5.39. The van der Waals surface area contributed by atoms with E-state index in [1.165, 1.54) is 18.9 Å². The number of fused-ring (bicyclic) bond motifs is 5. The predicted octanol–water partition coefficient (Wildman–Crippen LogP) is 3.54. The van der Waals surface area contributed by atoms with Gasteiger partial charge in [0.05, 0.1) is 25.0 Å². The van der Waals surface area contributed by atoms with Gasteiger partial charge in [0.25, 0.3) is 0 Å². The second kappa shape index (κ2) is 17.0. The maximum absolute atomic E-state index is 12.9. The number of alkyl carbamates (subject to hydrolysis) is 1. The Hall–Kier alpha value is -3.65. The molecular weight excluding hydrogens is 632 g/mol. The van der Waals surface area contributed by atoms with E-state index >= 15 is 0 Å². The summed E-state index contributed by atoms with van der Waals surface area (Å²) in [6.07, 6.45) is 7.76. The molecule has 3 aliphatic rings. The molecule has 1 aromatic rings. The molecule has 0 saturated carbocycles. The Bertz CT molecular complexity index is 1370. The zero-order chi connectivity index (χ0) is 34.9. The molecule has 2 fully saturated rings. The average molecular weight is 679 g/mol. The van der Waals surface area contributed by atoms with E-state index < -0.39 is 29.9 Å². The monoisotopic (exact) mass is 678 g/mol. The van der Waals surface area contributed by atoms with Crippen LogP contribution in [0.4, 0.5) is 10.5 Å². The van der Waals surface area contributed by atoms with Gasteiger partial charge in [-0.25, -0.2) is 9.59 Å². The van der Waals surface area contributed by atoms with E-state index in [0.717, 1.165) is 11.1 Å². The lowest BCUT2D eigenvalue weighted by Gasteiger charge is -2.36.